The Kier molecular flexibility index (Phi) is 7.54. The van der Waals surface area contributed by atoms with Crippen LogP contribution >= 0.6 is 0 Å². The lowest BCUT2D eigenvalue weighted by Crippen LogP contribution is -2.65. The van der Waals surface area contributed by atoms with E-state index >= 15 is 0 Å². The molecule has 226 valence electrons. The van der Waals surface area contributed by atoms with Gasteiger partial charge in [-0.3, -0.25) is 24.7 Å². The van der Waals surface area contributed by atoms with Gasteiger partial charge in [-0.15, -0.1) is 0 Å². The van der Waals surface area contributed by atoms with Crippen molar-refractivity contribution in [2.75, 3.05) is 38.4 Å². The molecule has 1 aromatic rings. The van der Waals surface area contributed by atoms with Crippen molar-refractivity contribution in [2.45, 2.75) is 56.2 Å². The summed E-state index contributed by atoms with van der Waals surface area (Å²) in [5, 5.41) is 37.1. The van der Waals surface area contributed by atoms with Gasteiger partial charge < -0.3 is 31.3 Å². The second-order valence-corrected chi connectivity index (χ2v) is 12.1. The van der Waals surface area contributed by atoms with Gasteiger partial charge in [-0.05, 0) is 63.4 Å². The molecule has 8 N–H and O–H groups in total. The summed E-state index contributed by atoms with van der Waals surface area (Å²) in [6, 6.07) is 1.93. The number of rotatable bonds is 6. The first-order valence-corrected chi connectivity index (χ1v) is 14.1. The molecular formula is C29H38N6O7. The lowest BCUT2D eigenvalue weighted by molar-refractivity contribution is -0.153. The van der Waals surface area contributed by atoms with Crippen LogP contribution in [0.4, 0.5) is 16.2 Å². The van der Waals surface area contributed by atoms with Crippen LogP contribution in [-0.4, -0.2) is 89.6 Å². The molecule has 2 fully saturated rings. The molecular weight excluding hydrogens is 544 g/mol. The van der Waals surface area contributed by atoms with Crippen LogP contribution in [0.3, 0.4) is 0 Å². The second-order valence-electron chi connectivity index (χ2n) is 12.1. The molecule has 0 bridgehead atoms. The Balaban J connectivity index is 1.56. The molecule has 2 unspecified atom stereocenters. The van der Waals surface area contributed by atoms with Gasteiger partial charge in [0.1, 0.15) is 17.1 Å². The minimum absolute atomic E-state index is 0.0634. The molecule has 4 aliphatic carbocycles. The van der Waals surface area contributed by atoms with Crippen molar-refractivity contribution in [3.8, 4) is 0 Å². The lowest BCUT2D eigenvalue weighted by atomic mass is 9.57. The van der Waals surface area contributed by atoms with Crippen LogP contribution in [0.15, 0.2) is 29.0 Å². The van der Waals surface area contributed by atoms with E-state index in [2.05, 4.69) is 16.2 Å². The molecule has 13 nitrogen and oxygen atoms in total. The standard InChI is InChI=1S/C29H38N6O7/c1-34(2)19-12-15(31-28(41)33-32-14-7-5-6-8-14)11-17-16(19)9-13-10-18-22(35(3)4)24(37)21(27(30)40)26(39)29(18,42)25(38)20(13)23(17)36/h11-14,18,22,32,36,39,42H,5-10H2,1-4H3,(H2,30,40)(H2,31,33,41)/t13?,18?,22-,29-/m0/s1. The van der Waals surface area contributed by atoms with Crippen LogP contribution in [0, 0.1) is 11.8 Å². The number of aliphatic hydroxyl groups is 3. The van der Waals surface area contributed by atoms with Gasteiger partial charge in [-0.1, -0.05) is 12.8 Å². The number of carbonyl (C=O) groups is 4. The quantitative estimate of drug-likeness (QED) is 0.187. The van der Waals surface area contributed by atoms with Gasteiger partial charge in [-0.25, -0.2) is 10.2 Å². The van der Waals surface area contributed by atoms with Crippen LogP contribution in [0.2, 0.25) is 0 Å². The van der Waals surface area contributed by atoms with E-state index in [4.69, 9.17) is 5.73 Å². The number of ketones is 2. The summed E-state index contributed by atoms with van der Waals surface area (Å²) in [6.07, 6.45) is 4.51. The van der Waals surface area contributed by atoms with E-state index < -0.39 is 64.1 Å². The highest BCUT2D eigenvalue weighted by atomic mass is 16.3. The number of benzene rings is 1. The fourth-order valence-corrected chi connectivity index (χ4v) is 7.10. The van der Waals surface area contributed by atoms with E-state index in [1.807, 2.05) is 19.0 Å². The molecule has 5 rings (SSSR count). The maximum atomic E-state index is 14.0. The molecule has 0 aliphatic heterocycles. The van der Waals surface area contributed by atoms with E-state index in [1.165, 1.54) is 4.90 Å². The number of hydrogen-bond acceptors (Lipinski definition) is 10. The summed E-state index contributed by atoms with van der Waals surface area (Å²) in [7, 11) is 6.79. The number of primary amides is 1. The zero-order valence-corrected chi connectivity index (χ0v) is 24.2. The van der Waals surface area contributed by atoms with Crippen molar-refractivity contribution in [1.29, 1.82) is 0 Å². The Morgan fingerprint density at radius 1 is 1.07 bits per heavy atom. The highest BCUT2D eigenvalue weighted by molar-refractivity contribution is 6.24. The predicted molar refractivity (Wildman–Crippen MR) is 154 cm³/mol. The summed E-state index contributed by atoms with van der Waals surface area (Å²) in [4.78, 5) is 55.4. The average molecular weight is 583 g/mol. The fraction of sp³-hybridized carbons (Fsp3) is 0.517. The van der Waals surface area contributed by atoms with Crippen LogP contribution in [0.1, 0.15) is 43.2 Å². The predicted octanol–water partition coefficient (Wildman–Crippen LogP) is 0.893. The van der Waals surface area contributed by atoms with Gasteiger partial charge in [-0.2, -0.15) is 0 Å². The molecule has 3 amide bonds. The molecule has 0 spiro atoms. The summed E-state index contributed by atoms with van der Waals surface area (Å²) >= 11 is 0. The number of urea groups is 1. The summed E-state index contributed by atoms with van der Waals surface area (Å²) in [5.74, 6) is -6.21. The number of nitrogens with two attached hydrogens (primary N) is 1. The molecule has 2 saturated carbocycles. The van der Waals surface area contributed by atoms with Crippen LogP contribution in [0.5, 0.6) is 0 Å². The zero-order valence-electron chi connectivity index (χ0n) is 24.2. The van der Waals surface area contributed by atoms with Crippen LogP contribution in [-0.2, 0) is 20.8 Å². The van der Waals surface area contributed by atoms with Crippen molar-refractivity contribution in [2.24, 2.45) is 17.6 Å². The smallest absolute Gasteiger partial charge is 0.333 e. The molecule has 1 aromatic carbocycles. The lowest BCUT2D eigenvalue weighted by Gasteiger charge is -2.50. The molecule has 4 aliphatic rings. The fourth-order valence-electron chi connectivity index (χ4n) is 7.10. The van der Waals surface area contributed by atoms with Gasteiger partial charge in [0.15, 0.2) is 11.4 Å². The van der Waals surface area contributed by atoms with Gasteiger partial charge in [0, 0.05) is 48.6 Å². The first-order chi connectivity index (χ1) is 19.8. The molecule has 0 aromatic heterocycles. The molecule has 4 atom stereocenters. The van der Waals surface area contributed by atoms with Crippen molar-refractivity contribution >= 4 is 40.6 Å². The third kappa shape index (κ3) is 4.61. The number of anilines is 2. The maximum Gasteiger partial charge on any atom is 0.333 e. The number of aliphatic hydroxyl groups excluding tert-OH is 2. The van der Waals surface area contributed by atoms with Crippen LogP contribution < -0.4 is 26.8 Å². The highest BCUT2D eigenvalue weighted by Crippen LogP contribution is 2.52. The first-order valence-electron chi connectivity index (χ1n) is 14.1. The highest BCUT2D eigenvalue weighted by Gasteiger charge is 2.64. The number of amides is 3. The van der Waals surface area contributed by atoms with Crippen molar-refractivity contribution in [1.82, 2.24) is 15.8 Å². The normalized spacial score (nSPS) is 27.5. The number of fused-ring (bicyclic) bond motifs is 3. The summed E-state index contributed by atoms with van der Waals surface area (Å²) < 4.78 is 0. The number of nitrogens with zero attached hydrogens (tertiary/aromatic N) is 2. The van der Waals surface area contributed by atoms with Gasteiger partial charge >= 0.3 is 6.03 Å². The third-order valence-electron chi connectivity index (χ3n) is 9.04. The number of hydrazine groups is 1. The summed E-state index contributed by atoms with van der Waals surface area (Å²) in [5.41, 5.74) is 9.57. The second kappa shape index (κ2) is 10.7. The molecule has 0 saturated heterocycles. The molecule has 0 radical (unpaired) electrons. The van der Waals surface area contributed by atoms with Crippen molar-refractivity contribution in [3.05, 3.63) is 40.2 Å². The van der Waals surface area contributed by atoms with Crippen molar-refractivity contribution in [3.63, 3.8) is 0 Å². The monoisotopic (exact) mass is 582 g/mol. The number of nitrogens with one attached hydrogen (secondary N) is 3. The topological polar surface area (TPSA) is 198 Å². The van der Waals surface area contributed by atoms with Crippen molar-refractivity contribution < 1.29 is 34.5 Å². The SMILES string of the molecule is CN(C)c1cc(NC(=O)NNC2CCCC2)cc2c1CC1CC3[C@H](N(C)C)C(=O)C(C(N)=O)=C(O)[C@@]3(O)C(=O)C1=C2O. The maximum absolute atomic E-state index is 14.0. The molecule has 42 heavy (non-hydrogen) atoms. The number of hydrogen-bond donors (Lipinski definition) is 7. The van der Waals surface area contributed by atoms with E-state index in [0.717, 1.165) is 31.2 Å². The largest absolute Gasteiger partial charge is 0.508 e. The Labute approximate surface area is 243 Å². The average Bonchev–Trinajstić information content (AvgIpc) is 3.43. The van der Waals surface area contributed by atoms with Gasteiger partial charge in [0.2, 0.25) is 5.78 Å². The minimum atomic E-state index is -2.64. The van der Waals surface area contributed by atoms with E-state index in [1.54, 1.807) is 26.2 Å². The first kappa shape index (κ1) is 29.5. The Morgan fingerprint density at radius 2 is 1.74 bits per heavy atom. The zero-order chi connectivity index (χ0) is 30.7. The summed E-state index contributed by atoms with van der Waals surface area (Å²) in [6.45, 7) is 0. The Bertz CT molecular complexity index is 1430. The van der Waals surface area contributed by atoms with Gasteiger partial charge in [0.05, 0.1) is 6.04 Å². The molecule has 13 heteroatoms. The van der Waals surface area contributed by atoms with Gasteiger partial charge in [0.25, 0.3) is 5.91 Å². The number of Topliss-reactive ketones (excluding diaryl/α,β-unsaturated/α-hetero) is 2. The Hall–Kier alpha value is -3.94. The third-order valence-corrected chi connectivity index (χ3v) is 9.04. The number of carbonyl (C=O) groups excluding carboxylic acids is 4. The molecule has 0 heterocycles. The van der Waals surface area contributed by atoms with E-state index in [0.29, 0.717) is 11.4 Å². The Morgan fingerprint density at radius 3 is 2.33 bits per heavy atom. The number of likely N-dealkylation sites (N-methyl/N-ethyl adjacent to an activating group) is 1. The van der Waals surface area contributed by atoms with E-state index in [9.17, 15) is 34.5 Å². The van der Waals surface area contributed by atoms with E-state index in [-0.39, 0.29) is 30.0 Å². The van der Waals surface area contributed by atoms with Crippen LogP contribution in [0.25, 0.3) is 5.76 Å². The minimum Gasteiger partial charge on any atom is -0.508 e.